The van der Waals surface area contributed by atoms with Crippen LogP contribution in [-0.4, -0.2) is 31.1 Å². The number of nitrogens with one attached hydrogen (secondary N) is 2. The molecule has 0 saturated heterocycles. The molecular weight excluding hydrogens is 372 g/mol. The molecule has 0 aliphatic heterocycles. The van der Waals surface area contributed by atoms with Crippen LogP contribution < -0.4 is 16.2 Å². The van der Waals surface area contributed by atoms with Gasteiger partial charge in [-0.3, -0.25) is 19.0 Å². The van der Waals surface area contributed by atoms with Gasteiger partial charge in [-0.2, -0.15) is 5.10 Å². The molecule has 29 heavy (non-hydrogen) atoms. The maximum Gasteiger partial charge on any atom is 0.264 e. The lowest BCUT2D eigenvalue weighted by molar-refractivity contribution is -0.116. The summed E-state index contributed by atoms with van der Waals surface area (Å²) in [4.78, 5) is 40.3. The van der Waals surface area contributed by atoms with Crippen LogP contribution >= 0.6 is 0 Å². The Morgan fingerprint density at radius 2 is 1.69 bits per heavy atom. The topological polar surface area (TPSA) is 111 Å². The highest BCUT2D eigenvalue weighted by Crippen LogP contribution is 2.18. The molecule has 2 N–H and O–H groups in total. The molecule has 1 aromatic carbocycles. The molecule has 0 fully saturated rings. The summed E-state index contributed by atoms with van der Waals surface area (Å²) in [5, 5.41) is 10.1. The van der Waals surface area contributed by atoms with Crippen LogP contribution in [0.15, 0.2) is 41.6 Å². The summed E-state index contributed by atoms with van der Waals surface area (Å²) in [6.07, 6.45) is 3.08. The maximum atomic E-state index is 12.7. The number of benzene rings is 1. The van der Waals surface area contributed by atoms with Crippen molar-refractivity contribution in [3.63, 3.8) is 0 Å². The highest BCUT2D eigenvalue weighted by atomic mass is 16.2. The quantitative estimate of drug-likeness (QED) is 0.688. The number of carbonyl (C=O) groups excluding carboxylic acids is 2. The molecule has 0 radical (unpaired) electrons. The Balaban J connectivity index is 1.66. The minimum absolute atomic E-state index is 0.119. The zero-order valence-corrected chi connectivity index (χ0v) is 16.9. The van der Waals surface area contributed by atoms with Gasteiger partial charge in [-0.25, -0.2) is 9.67 Å². The number of hydrogen-bond acceptors (Lipinski definition) is 5. The smallest absolute Gasteiger partial charge is 0.264 e. The van der Waals surface area contributed by atoms with E-state index in [1.54, 1.807) is 28.9 Å². The van der Waals surface area contributed by atoms with Gasteiger partial charge in [0.1, 0.15) is 5.39 Å². The van der Waals surface area contributed by atoms with Crippen LogP contribution in [0, 0.1) is 0 Å². The van der Waals surface area contributed by atoms with Gasteiger partial charge in [0, 0.05) is 31.3 Å². The van der Waals surface area contributed by atoms with Gasteiger partial charge in [0.15, 0.2) is 5.65 Å². The number of aromatic nitrogens is 4. The van der Waals surface area contributed by atoms with Gasteiger partial charge in [-0.15, -0.1) is 0 Å². The van der Waals surface area contributed by atoms with Crippen LogP contribution in [0.3, 0.4) is 0 Å². The molecule has 0 saturated carbocycles. The normalized spacial score (nSPS) is 11.4. The molecule has 152 valence electrons. The number of hydrogen-bond donors (Lipinski definition) is 2. The monoisotopic (exact) mass is 396 g/mol. The van der Waals surface area contributed by atoms with E-state index in [1.165, 1.54) is 24.0 Å². The largest absolute Gasteiger partial charge is 0.326 e. The molecule has 0 aliphatic carbocycles. The number of aryl methyl sites for hydroxylation is 1. The molecular formula is C20H24N6O3. The fraction of sp³-hybridized carbons (Fsp3) is 0.350. The molecule has 0 unspecified atom stereocenters. The van der Waals surface area contributed by atoms with Gasteiger partial charge in [0.25, 0.3) is 5.56 Å². The summed E-state index contributed by atoms with van der Waals surface area (Å²) in [6, 6.07) is 6.80. The highest BCUT2D eigenvalue weighted by Gasteiger charge is 2.19. The molecule has 9 heteroatoms. The van der Waals surface area contributed by atoms with Gasteiger partial charge < -0.3 is 10.6 Å². The van der Waals surface area contributed by atoms with Crippen LogP contribution in [0.4, 0.5) is 11.4 Å². The van der Waals surface area contributed by atoms with Crippen molar-refractivity contribution in [1.29, 1.82) is 0 Å². The van der Waals surface area contributed by atoms with Crippen molar-refractivity contribution in [2.45, 2.75) is 46.2 Å². The Bertz CT molecular complexity index is 1110. The second-order valence-electron chi connectivity index (χ2n) is 7.76. The third kappa shape index (κ3) is 4.68. The van der Waals surface area contributed by atoms with Crippen LogP contribution in [0.25, 0.3) is 11.0 Å². The van der Waals surface area contributed by atoms with E-state index in [0.717, 1.165) is 0 Å². The molecule has 0 bridgehead atoms. The Morgan fingerprint density at radius 1 is 1.07 bits per heavy atom. The predicted octanol–water partition coefficient (Wildman–Crippen LogP) is 2.34. The van der Waals surface area contributed by atoms with Crippen LogP contribution in [-0.2, 0) is 21.7 Å². The molecule has 0 spiro atoms. The lowest BCUT2D eigenvalue weighted by Gasteiger charge is -2.19. The minimum atomic E-state index is -0.289. The lowest BCUT2D eigenvalue weighted by Crippen LogP contribution is -2.26. The van der Waals surface area contributed by atoms with Crippen LogP contribution in [0.2, 0.25) is 0 Å². The third-order valence-electron chi connectivity index (χ3n) is 4.26. The van der Waals surface area contributed by atoms with Crippen LogP contribution in [0.1, 0.15) is 34.1 Å². The Hall–Kier alpha value is -3.49. The van der Waals surface area contributed by atoms with Crippen molar-refractivity contribution < 1.29 is 9.59 Å². The Labute approximate surface area is 167 Å². The predicted molar refractivity (Wildman–Crippen MR) is 111 cm³/mol. The SMILES string of the molecule is CC(=O)Nc1ccc(NC(=O)CCn2cnc3c(cnn3C(C)(C)C)c2=O)cc1. The van der Waals surface area contributed by atoms with Gasteiger partial charge in [0.05, 0.1) is 18.1 Å². The van der Waals surface area contributed by atoms with E-state index in [0.29, 0.717) is 22.4 Å². The number of anilines is 2. The second-order valence-corrected chi connectivity index (χ2v) is 7.76. The van der Waals surface area contributed by atoms with Gasteiger partial charge in [-0.1, -0.05) is 0 Å². The summed E-state index contributed by atoms with van der Waals surface area (Å²) in [7, 11) is 0. The van der Waals surface area contributed by atoms with Crippen molar-refractivity contribution in [2.24, 2.45) is 0 Å². The number of carbonyl (C=O) groups is 2. The summed E-state index contributed by atoms with van der Waals surface area (Å²) in [5.74, 6) is -0.388. The second kappa shape index (κ2) is 7.86. The zero-order valence-electron chi connectivity index (χ0n) is 16.9. The van der Waals surface area contributed by atoms with E-state index < -0.39 is 0 Å². The first-order chi connectivity index (χ1) is 13.6. The highest BCUT2D eigenvalue weighted by molar-refractivity contribution is 5.92. The Morgan fingerprint density at radius 3 is 2.28 bits per heavy atom. The van der Waals surface area contributed by atoms with Crippen LogP contribution in [0.5, 0.6) is 0 Å². The standard InChI is InChI=1S/C20H24N6O3/c1-13(27)23-14-5-7-15(8-6-14)24-17(28)9-10-25-12-21-18-16(19(25)29)11-22-26(18)20(2,3)4/h5-8,11-12H,9-10H2,1-4H3,(H,23,27)(H,24,28). The van der Waals surface area contributed by atoms with E-state index in [-0.39, 0.29) is 35.9 Å². The summed E-state index contributed by atoms with van der Waals surface area (Å²) in [6.45, 7) is 7.59. The van der Waals surface area contributed by atoms with Crippen molar-refractivity contribution in [1.82, 2.24) is 19.3 Å². The number of fused-ring (bicyclic) bond motifs is 1. The van der Waals surface area contributed by atoms with Crippen molar-refractivity contribution >= 4 is 34.2 Å². The average Bonchev–Trinajstić information content (AvgIpc) is 3.08. The first-order valence-corrected chi connectivity index (χ1v) is 9.26. The molecule has 9 nitrogen and oxygen atoms in total. The van der Waals surface area contributed by atoms with E-state index >= 15 is 0 Å². The summed E-state index contributed by atoms with van der Waals surface area (Å²) >= 11 is 0. The van der Waals surface area contributed by atoms with Gasteiger partial charge >= 0.3 is 0 Å². The fourth-order valence-electron chi connectivity index (χ4n) is 2.88. The molecule has 2 aromatic heterocycles. The van der Waals surface area contributed by atoms with Gasteiger partial charge in [-0.05, 0) is 45.0 Å². The Kier molecular flexibility index (Phi) is 5.49. The lowest BCUT2D eigenvalue weighted by atomic mass is 10.1. The van der Waals surface area contributed by atoms with Crippen molar-refractivity contribution in [3.8, 4) is 0 Å². The van der Waals surface area contributed by atoms with E-state index in [2.05, 4.69) is 20.7 Å². The molecule has 2 amide bonds. The summed E-state index contributed by atoms with van der Waals surface area (Å²) in [5.41, 5.74) is 1.28. The molecule has 0 atom stereocenters. The van der Waals surface area contributed by atoms with Crippen molar-refractivity contribution in [3.05, 3.63) is 47.1 Å². The van der Waals surface area contributed by atoms with Gasteiger partial charge in [0.2, 0.25) is 11.8 Å². The molecule has 3 aromatic rings. The average molecular weight is 396 g/mol. The summed E-state index contributed by atoms with van der Waals surface area (Å²) < 4.78 is 3.13. The third-order valence-corrected chi connectivity index (χ3v) is 4.26. The van der Waals surface area contributed by atoms with E-state index in [4.69, 9.17) is 0 Å². The fourth-order valence-corrected chi connectivity index (χ4v) is 2.88. The molecule has 3 rings (SSSR count). The first kappa shape index (κ1) is 20.2. The number of rotatable bonds is 5. The maximum absolute atomic E-state index is 12.7. The zero-order chi connectivity index (χ0) is 21.2. The number of nitrogens with zero attached hydrogens (tertiary/aromatic N) is 4. The first-order valence-electron chi connectivity index (χ1n) is 9.26. The van der Waals surface area contributed by atoms with E-state index in [9.17, 15) is 14.4 Å². The molecule has 0 aliphatic rings. The minimum Gasteiger partial charge on any atom is -0.326 e. The van der Waals surface area contributed by atoms with E-state index in [1.807, 2.05) is 20.8 Å². The van der Waals surface area contributed by atoms with Crippen molar-refractivity contribution in [2.75, 3.05) is 10.6 Å². The molecule has 2 heterocycles. The number of amides is 2.